The van der Waals surface area contributed by atoms with Crippen molar-refractivity contribution in [3.05, 3.63) is 71.8 Å². The third-order valence-corrected chi connectivity index (χ3v) is 3.38. The summed E-state index contributed by atoms with van der Waals surface area (Å²) in [5, 5.41) is 6.89. The van der Waals surface area contributed by atoms with Crippen LogP contribution in [-0.2, 0) is 16.2 Å². The fraction of sp³-hybridized carbons (Fsp3) is 0.176. The minimum absolute atomic E-state index is 0.131. The first-order valence-corrected chi connectivity index (χ1v) is 6.92. The molecule has 4 heteroatoms. The van der Waals surface area contributed by atoms with Gasteiger partial charge in [0.1, 0.15) is 0 Å². The van der Waals surface area contributed by atoms with E-state index in [-0.39, 0.29) is 5.91 Å². The molecule has 106 valence electrons. The van der Waals surface area contributed by atoms with Crippen molar-refractivity contribution in [2.75, 3.05) is 0 Å². The molecule has 0 aromatic heterocycles. The summed E-state index contributed by atoms with van der Waals surface area (Å²) in [5.41, 5.74) is 2.87. The number of nitrogens with one attached hydrogen (secondary N) is 1. The highest BCUT2D eigenvalue weighted by atomic mass is 16.6. The molecular weight excluding hydrogens is 264 g/mol. The van der Waals surface area contributed by atoms with E-state index in [9.17, 15) is 4.79 Å². The average Bonchev–Trinajstić information content (AvgIpc) is 3.04. The monoisotopic (exact) mass is 280 g/mol. The summed E-state index contributed by atoms with van der Waals surface area (Å²) in [5.74, 6) is -0.131. The maximum atomic E-state index is 12.1. The summed E-state index contributed by atoms with van der Waals surface area (Å²) in [7, 11) is 0. The quantitative estimate of drug-likeness (QED) is 0.935. The van der Waals surface area contributed by atoms with E-state index in [0.29, 0.717) is 13.0 Å². The van der Waals surface area contributed by atoms with Crippen molar-refractivity contribution in [3.8, 4) is 0 Å². The van der Waals surface area contributed by atoms with Gasteiger partial charge < -0.3 is 10.2 Å². The lowest BCUT2D eigenvalue weighted by Crippen LogP contribution is -2.34. The van der Waals surface area contributed by atoms with Gasteiger partial charge in [-0.2, -0.15) is 0 Å². The highest BCUT2D eigenvalue weighted by Crippen LogP contribution is 2.16. The zero-order valence-electron chi connectivity index (χ0n) is 11.5. The van der Waals surface area contributed by atoms with Crippen LogP contribution in [0.4, 0.5) is 0 Å². The second kappa shape index (κ2) is 6.22. The van der Waals surface area contributed by atoms with Crippen molar-refractivity contribution in [3.63, 3.8) is 0 Å². The van der Waals surface area contributed by atoms with Gasteiger partial charge in [0, 0.05) is 13.0 Å². The second-order valence-corrected chi connectivity index (χ2v) is 4.91. The molecule has 0 unspecified atom stereocenters. The third kappa shape index (κ3) is 3.28. The van der Waals surface area contributed by atoms with Crippen LogP contribution in [0.3, 0.4) is 0 Å². The van der Waals surface area contributed by atoms with Gasteiger partial charge >= 0.3 is 0 Å². The van der Waals surface area contributed by atoms with Gasteiger partial charge in [-0.25, -0.2) is 0 Å². The van der Waals surface area contributed by atoms with Crippen molar-refractivity contribution < 1.29 is 9.63 Å². The molecule has 0 saturated heterocycles. The number of oxime groups is 1. The van der Waals surface area contributed by atoms with E-state index in [2.05, 4.69) is 10.5 Å². The predicted octanol–water partition coefficient (Wildman–Crippen LogP) is 2.50. The summed E-state index contributed by atoms with van der Waals surface area (Å²) in [6.45, 7) is 0.500. The largest absolute Gasteiger partial charge is 0.382 e. The zero-order valence-corrected chi connectivity index (χ0v) is 11.5. The van der Waals surface area contributed by atoms with Gasteiger partial charge in [-0.05, 0) is 11.1 Å². The Balaban J connectivity index is 1.54. The smallest absolute Gasteiger partial charge is 0.264 e. The lowest BCUT2D eigenvalue weighted by atomic mass is 10.0. The minimum Gasteiger partial charge on any atom is -0.382 e. The van der Waals surface area contributed by atoms with Crippen LogP contribution in [0.25, 0.3) is 0 Å². The Hall–Kier alpha value is -2.62. The molecule has 0 spiro atoms. The SMILES string of the molecule is O=C(NCc1ccccc1)[C@@H]1CC(c2ccccc2)=NO1. The first-order valence-electron chi connectivity index (χ1n) is 6.92. The molecule has 0 aliphatic carbocycles. The van der Waals surface area contributed by atoms with Crippen LogP contribution in [0, 0.1) is 0 Å². The number of carbonyl (C=O) groups is 1. The summed E-state index contributed by atoms with van der Waals surface area (Å²) in [4.78, 5) is 17.3. The van der Waals surface area contributed by atoms with Gasteiger partial charge in [0.25, 0.3) is 5.91 Å². The Kier molecular flexibility index (Phi) is 3.96. The predicted molar refractivity (Wildman–Crippen MR) is 80.8 cm³/mol. The van der Waals surface area contributed by atoms with Crippen LogP contribution >= 0.6 is 0 Å². The Morgan fingerprint density at radius 1 is 1.10 bits per heavy atom. The van der Waals surface area contributed by atoms with E-state index < -0.39 is 6.10 Å². The van der Waals surface area contributed by atoms with Crippen molar-refractivity contribution in [1.82, 2.24) is 5.32 Å². The van der Waals surface area contributed by atoms with Crippen molar-refractivity contribution in [1.29, 1.82) is 0 Å². The number of carbonyl (C=O) groups excluding carboxylic acids is 1. The third-order valence-electron chi connectivity index (χ3n) is 3.38. The molecule has 2 aromatic carbocycles. The maximum Gasteiger partial charge on any atom is 0.264 e. The molecule has 0 fully saturated rings. The van der Waals surface area contributed by atoms with Gasteiger partial charge in [0.05, 0.1) is 5.71 Å². The lowest BCUT2D eigenvalue weighted by molar-refractivity contribution is -0.131. The first-order chi connectivity index (χ1) is 10.3. The normalized spacial score (nSPS) is 17.0. The van der Waals surface area contributed by atoms with Crippen molar-refractivity contribution in [2.24, 2.45) is 5.16 Å². The summed E-state index contributed by atoms with van der Waals surface area (Å²) >= 11 is 0. The Morgan fingerprint density at radius 2 is 1.76 bits per heavy atom. The minimum atomic E-state index is -0.538. The molecule has 1 atom stereocenters. The summed E-state index contributed by atoms with van der Waals surface area (Å²) in [6, 6.07) is 19.6. The van der Waals surface area contributed by atoms with Gasteiger partial charge in [-0.15, -0.1) is 0 Å². The van der Waals surface area contributed by atoms with E-state index >= 15 is 0 Å². The fourth-order valence-corrected chi connectivity index (χ4v) is 2.22. The van der Waals surface area contributed by atoms with Crippen LogP contribution in [0.2, 0.25) is 0 Å². The molecule has 21 heavy (non-hydrogen) atoms. The molecule has 1 amide bonds. The maximum absolute atomic E-state index is 12.1. The van der Waals surface area contributed by atoms with Crippen molar-refractivity contribution >= 4 is 11.6 Å². The van der Waals surface area contributed by atoms with E-state index in [1.165, 1.54) is 0 Å². The molecule has 3 rings (SSSR count). The number of nitrogens with zero attached hydrogens (tertiary/aromatic N) is 1. The molecular formula is C17H16N2O2. The summed E-state index contributed by atoms with van der Waals surface area (Å²) < 4.78 is 0. The Bertz CT molecular complexity index is 638. The molecule has 1 N–H and O–H groups in total. The van der Waals surface area contributed by atoms with Gasteiger partial charge in [0.2, 0.25) is 6.10 Å². The average molecular weight is 280 g/mol. The molecule has 0 bridgehead atoms. The van der Waals surface area contributed by atoms with E-state index in [1.54, 1.807) is 0 Å². The number of hydrogen-bond acceptors (Lipinski definition) is 3. The highest BCUT2D eigenvalue weighted by Gasteiger charge is 2.28. The molecule has 0 radical (unpaired) electrons. The molecule has 1 aliphatic heterocycles. The van der Waals surface area contributed by atoms with Crippen LogP contribution in [0.15, 0.2) is 65.8 Å². The topological polar surface area (TPSA) is 50.7 Å². The van der Waals surface area contributed by atoms with Crippen LogP contribution in [-0.4, -0.2) is 17.7 Å². The Labute approximate surface area is 123 Å². The van der Waals surface area contributed by atoms with E-state index in [0.717, 1.165) is 16.8 Å². The van der Waals surface area contributed by atoms with Gasteiger partial charge in [-0.1, -0.05) is 65.8 Å². The van der Waals surface area contributed by atoms with Crippen molar-refractivity contribution in [2.45, 2.75) is 19.1 Å². The summed E-state index contributed by atoms with van der Waals surface area (Å²) in [6.07, 6.45) is -0.0334. The Morgan fingerprint density at radius 3 is 2.48 bits per heavy atom. The van der Waals surface area contributed by atoms with Gasteiger partial charge in [-0.3, -0.25) is 4.79 Å². The standard InChI is InChI=1S/C17H16N2O2/c20-17(18-12-13-7-3-1-4-8-13)16-11-15(19-21-16)14-9-5-2-6-10-14/h1-10,16H,11-12H2,(H,18,20)/t16-/m0/s1. The van der Waals surface area contributed by atoms with Crippen LogP contribution in [0.1, 0.15) is 17.5 Å². The lowest BCUT2D eigenvalue weighted by Gasteiger charge is -2.09. The van der Waals surface area contributed by atoms with E-state index in [4.69, 9.17) is 4.84 Å². The molecule has 1 aliphatic rings. The molecule has 4 nitrogen and oxygen atoms in total. The first kappa shape index (κ1) is 13.4. The number of amides is 1. The highest BCUT2D eigenvalue weighted by molar-refractivity contribution is 6.04. The number of rotatable bonds is 4. The number of benzene rings is 2. The number of hydrogen-bond donors (Lipinski definition) is 1. The second-order valence-electron chi connectivity index (χ2n) is 4.91. The molecule has 2 aromatic rings. The van der Waals surface area contributed by atoms with Gasteiger partial charge in [0.15, 0.2) is 0 Å². The fourth-order valence-electron chi connectivity index (χ4n) is 2.22. The zero-order chi connectivity index (χ0) is 14.5. The molecule has 1 heterocycles. The molecule has 0 saturated carbocycles. The van der Waals surface area contributed by atoms with Crippen LogP contribution < -0.4 is 5.32 Å². The van der Waals surface area contributed by atoms with E-state index in [1.807, 2.05) is 60.7 Å². The van der Waals surface area contributed by atoms with Crippen LogP contribution in [0.5, 0.6) is 0 Å².